The number of nitrogens with zero attached hydrogens (tertiary/aromatic N) is 2. The summed E-state index contributed by atoms with van der Waals surface area (Å²) in [4.78, 5) is 14.2. The molecule has 0 aromatic carbocycles. The number of rotatable bonds is 6. The maximum atomic E-state index is 11.9. The second-order valence-electron chi connectivity index (χ2n) is 5.57. The third-order valence-corrected chi connectivity index (χ3v) is 4.24. The average Bonchev–Trinajstić information content (AvgIpc) is 2.82. The van der Waals surface area contributed by atoms with Gasteiger partial charge in [0.15, 0.2) is 5.15 Å². The van der Waals surface area contributed by atoms with Crippen molar-refractivity contribution in [2.75, 3.05) is 26.7 Å². The largest absolute Gasteiger partial charge is 0.352 e. The number of piperidine rings is 1. The number of hydrogen-bond donors (Lipinski definition) is 3. The highest BCUT2D eigenvalue weighted by molar-refractivity contribution is 6.30. The van der Waals surface area contributed by atoms with Crippen LogP contribution in [0, 0.1) is 0 Å². The molecule has 0 spiro atoms. The first-order valence-corrected chi connectivity index (χ1v) is 7.88. The summed E-state index contributed by atoms with van der Waals surface area (Å²) in [6, 6.07) is 0.305. The van der Waals surface area contributed by atoms with Gasteiger partial charge in [0.2, 0.25) is 5.91 Å². The Labute approximate surface area is 130 Å². The fourth-order valence-corrected chi connectivity index (χ4v) is 2.80. The minimum Gasteiger partial charge on any atom is -0.352 e. The lowest BCUT2D eigenvalue weighted by molar-refractivity contribution is -0.121. The van der Waals surface area contributed by atoms with Gasteiger partial charge in [0, 0.05) is 23.8 Å². The minimum absolute atomic E-state index is 0.0437. The summed E-state index contributed by atoms with van der Waals surface area (Å²) in [5.74, 6) is 0.0437. The quantitative estimate of drug-likeness (QED) is 0.730. The van der Waals surface area contributed by atoms with Gasteiger partial charge >= 0.3 is 0 Å². The van der Waals surface area contributed by atoms with Crippen molar-refractivity contribution in [3.05, 3.63) is 16.4 Å². The molecular weight excluding hydrogens is 290 g/mol. The van der Waals surface area contributed by atoms with Gasteiger partial charge < -0.3 is 15.5 Å². The Kier molecular flexibility index (Phi) is 6.02. The van der Waals surface area contributed by atoms with Crippen molar-refractivity contribution in [3.63, 3.8) is 0 Å². The van der Waals surface area contributed by atoms with E-state index in [4.69, 9.17) is 11.6 Å². The van der Waals surface area contributed by atoms with Crippen LogP contribution in [0.5, 0.6) is 0 Å². The number of amides is 1. The first kappa shape index (κ1) is 16.3. The first-order chi connectivity index (χ1) is 10.1. The molecule has 1 saturated heterocycles. The number of carbonyl (C=O) groups is 1. The number of likely N-dealkylation sites (tertiary alicyclic amines) is 1. The van der Waals surface area contributed by atoms with Gasteiger partial charge in [-0.05, 0) is 39.4 Å². The van der Waals surface area contributed by atoms with Crippen molar-refractivity contribution < 1.29 is 4.79 Å². The van der Waals surface area contributed by atoms with Crippen LogP contribution in [0.4, 0.5) is 0 Å². The summed E-state index contributed by atoms with van der Waals surface area (Å²) >= 11 is 6.02. The maximum Gasteiger partial charge on any atom is 0.234 e. The second kappa shape index (κ2) is 7.77. The van der Waals surface area contributed by atoms with Crippen LogP contribution in [0.15, 0.2) is 0 Å². The zero-order valence-corrected chi connectivity index (χ0v) is 13.5. The van der Waals surface area contributed by atoms with Crippen molar-refractivity contribution >= 4 is 17.5 Å². The molecule has 1 aliphatic rings. The Morgan fingerprint density at radius 2 is 2.19 bits per heavy atom. The summed E-state index contributed by atoms with van der Waals surface area (Å²) in [7, 11) is 2.11. The topological polar surface area (TPSA) is 73.0 Å². The molecule has 0 aliphatic carbocycles. The molecule has 1 amide bonds. The smallest absolute Gasteiger partial charge is 0.234 e. The zero-order valence-electron chi connectivity index (χ0n) is 12.7. The number of carbonyl (C=O) groups excluding carboxylic acids is 1. The molecule has 2 heterocycles. The standard InChI is InChI=1S/C14H24ClN5O/c1-3-12-11(14(15)19-18-12)8-16-9-13(21)17-10-4-6-20(2)7-5-10/h10,16H,3-9H2,1-2H3,(H,17,21)(H,18,19). The van der Waals surface area contributed by atoms with Gasteiger partial charge in [0.05, 0.1) is 6.54 Å². The Balaban J connectivity index is 1.70. The van der Waals surface area contributed by atoms with E-state index < -0.39 is 0 Å². The number of H-pyrrole nitrogens is 1. The van der Waals surface area contributed by atoms with Gasteiger partial charge in [-0.3, -0.25) is 9.89 Å². The number of aromatic nitrogens is 2. The Hall–Kier alpha value is -1.11. The molecule has 6 nitrogen and oxygen atoms in total. The molecule has 0 unspecified atom stereocenters. The average molecular weight is 314 g/mol. The predicted octanol–water partition coefficient (Wildman–Crippen LogP) is 0.925. The van der Waals surface area contributed by atoms with E-state index in [2.05, 4.69) is 32.8 Å². The van der Waals surface area contributed by atoms with E-state index in [9.17, 15) is 4.79 Å². The Morgan fingerprint density at radius 1 is 1.48 bits per heavy atom. The molecule has 21 heavy (non-hydrogen) atoms. The van der Waals surface area contributed by atoms with Crippen LogP contribution in [0.1, 0.15) is 31.0 Å². The van der Waals surface area contributed by atoms with Crippen molar-refractivity contribution in [1.82, 2.24) is 25.7 Å². The van der Waals surface area contributed by atoms with Crippen LogP contribution in [-0.2, 0) is 17.8 Å². The molecule has 0 radical (unpaired) electrons. The van der Waals surface area contributed by atoms with Crippen molar-refractivity contribution in [3.8, 4) is 0 Å². The number of aromatic amines is 1. The van der Waals surface area contributed by atoms with E-state index in [1.807, 2.05) is 6.92 Å². The van der Waals surface area contributed by atoms with Gasteiger partial charge in [-0.2, -0.15) is 5.10 Å². The maximum absolute atomic E-state index is 11.9. The molecule has 1 aromatic heterocycles. The second-order valence-corrected chi connectivity index (χ2v) is 5.93. The van der Waals surface area contributed by atoms with Crippen LogP contribution in [0.2, 0.25) is 5.15 Å². The SMILES string of the molecule is CCc1[nH]nc(Cl)c1CNCC(=O)NC1CCN(C)CC1. The van der Waals surface area contributed by atoms with Gasteiger partial charge in [0.25, 0.3) is 0 Å². The normalized spacial score (nSPS) is 17.1. The van der Waals surface area contributed by atoms with E-state index >= 15 is 0 Å². The summed E-state index contributed by atoms with van der Waals surface area (Å²) in [5, 5.41) is 13.6. The van der Waals surface area contributed by atoms with Gasteiger partial charge in [-0.25, -0.2) is 0 Å². The number of hydrogen-bond acceptors (Lipinski definition) is 4. The monoisotopic (exact) mass is 313 g/mol. The minimum atomic E-state index is 0.0437. The highest BCUT2D eigenvalue weighted by Crippen LogP contribution is 2.16. The zero-order chi connectivity index (χ0) is 15.2. The van der Waals surface area contributed by atoms with Gasteiger partial charge in [-0.1, -0.05) is 18.5 Å². The summed E-state index contributed by atoms with van der Waals surface area (Å²) < 4.78 is 0. The van der Waals surface area contributed by atoms with Crippen LogP contribution < -0.4 is 10.6 Å². The number of nitrogens with one attached hydrogen (secondary N) is 3. The van der Waals surface area contributed by atoms with E-state index in [1.54, 1.807) is 0 Å². The molecular formula is C14H24ClN5O. The molecule has 7 heteroatoms. The van der Waals surface area contributed by atoms with Crippen molar-refractivity contribution in [1.29, 1.82) is 0 Å². The molecule has 3 N–H and O–H groups in total. The highest BCUT2D eigenvalue weighted by atomic mass is 35.5. The fourth-order valence-electron chi connectivity index (χ4n) is 2.58. The van der Waals surface area contributed by atoms with Crippen LogP contribution in [0.3, 0.4) is 0 Å². The van der Waals surface area contributed by atoms with Gasteiger partial charge in [-0.15, -0.1) is 0 Å². The van der Waals surface area contributed by atoms with Crippen LogP contribution in [-0.4, -0.2) is 53.7 Å². The lowest BCUT2D eigenvalue weighted by Gasteiger charge is -2.29. The van der Waals surface area contributed by atoms with E-state index in [0.29, 0.717) is 24.3 Å². The highest BCUT2D eigenvalue weighted by Gasteiger charge is 2.18. The van der Waals surface area contributed by atoms with Crippen molar-refractivity contribution in [2.45, 2.75) is 38.8 Å². The molecule has 118 valence electrons. The molecule has 2 rings (SSSR count). The summed E-state index contributed by atoms with van der Waals surface area (Å²) in [6.45, 7) is 4.99. The fraction of sp³-hybridized carbons (Fsp3) is 0.714. The lowest BCUT2D eigenvalue weighted by Crippen LogP contribution is -2.45. The molecule has 0 saturated carbocycles. The lowest BCUT2D eigenvalue weighted by atomic mass is 10.1. The van der Waals surface area contributed by atoms with E-state index in [0.717, 1.165) is 43.6 Å². The molecule has 0 atom stereocenters. The van der Waals surface area contributed by atoms with E-state index in [1.165, 1.54) is 0 Å². The molecule has 1 aliphatic heterocycles. The molecule has 1 fully saturated rings. The predicted molar refractivity (Wildman–Crippen MR) is 83.3 cm³/mol. The van der Waals surface area contributed by atoms with Crippen molar-refractivity contribution in [2.24, 2.45) is 0 Å². The summed E-state index contributed by atoms with van der Waals surface area (Å²) in [5.41, 5.74) is 1.97. The third kappa shape index (κ3) is 4.69. The molecule has 0 bridgehead atoms. The van der Waals surface area contributed by atoms with E-state index in [-0.39, 0.29) is 5.91 Å². The Morgan fingerprint density at radius 3 is 2.86 bits per heavy atom. The molecule has 1 aromatic rings. The first-order valence-electron chi connectivity index (χ1n) is 7.50. The number of halogens is 1. The summed E-state index contributed by atoms with van der Waals surface area (Å²) in [6.07, 6.45) is 2.89. The number of aryl methyl sites for hydroxylation is 1. The van der Waals surface area contributed by atoms with Crippen LogP contribution >= 0.6 is 11.6 Å². The Bertz CT molecular complexity index is 468. The van der Waals surface area contributed by atoms with Gasteiger partial charge in [0.1, 0.15) is 0 Å². The van der Waals surface area contributed by atoms with Crippen LogP contribution in [0.25, 0.3) is 0 Å². The third-order valence-electron chi connectivity index (χ3n) is 3.93.